The molecule has 1 amide bonds. The van der Waals surface area contributed by atoms with E-state index in [1.807, 2.05) is 0 Å². The fourth-order valence-corrected chi connectivity index (χ4v) is 2.89. The van der Waals surface area contributed by atoms with Gasteiger partial charge in [0.2, 0.25) is 21.7 Å². The van der Waals surface area contributed by atoms with Crippen LogP contribution in [0, 0.1) is 0 Å². The zero-order valence-electron chi connectivity index (χ0n) is 15.5. The molecule has 1 aromatic carbocycles. The smallest absolute Gasteiger partial charge is 0.306 e. The maximum atomic E-state index is 11.9. The second-order valence-electron chi connectivity index (χ2n) is 6.01. The molecule has 0 unspecified atom stereocenters. The first-order valence-corrected chi connectivity index (χ1v) is 10.2. The van der Waals surface area contributed by atoms with Gasteiger partial charge in [0, 0.05) is 18.3 Å². The standard InChI is InChI=1S/C18H17N5O6S/c19-30(26,27)13-5-3-4-12(10-13)21-15(24)11-28-17(25)8-7-16-22-18(23-29-16)14-6-1-2-9-20-14/h1-6,9-10H,7-8,11H2,(H,21,24)(H2,19,26,27). The molecule has 3 N–H and O–H groups in total. The van der Waals surface area contributed by atoms with Crippen molar-refractivity contribution in [2.75, 3.05) is 11.9 Å². The zero-order valence-corrected chi connectivity index (χ0v) is 16.3. The van der Waals surface area contributed by atoms with Crippen molar-refractivity contribution in [3.05, 3.63) is 54.6 Å². The Hall–Kier alpha value is -3.64. The van der Waals surface area contributed by atoms with Crippen LogP contribution in [-0.4, -0.2) is 42.0 Å². The van der Waals surface area contributed by atoms with E-state index in [1.165, 1.54) is 24.3 Å². The Morgan fingerprint density at radius 2 is 2.00 bits per heavy atom. The number of aromatic nitrogens is 3. The molecule has 156 valence electrons. The van der Waals surface area contributed by atoms with Gasteiger partial charge in [-0.1, -0.05) is 17.3 Å². The van der Waals surface area contributed by atoms with Gasteiger partial charge in [0.05, 0.1) is 11.3 Å². The molecular weight excluding hydrogens is 414 g/mol. The molecule has 0 fully saturated rings. The average molecular weight is 431 g/mol. The Morgan fingerprint density at radius 3 is 2.73 bits per heavy atom. The predicted molar refractivity (Wildman–Crippen MR) is 103 cm³/mol. The summed E-state index contributed by atoms with van der Waals surface area (Å²) in [5.41, 5.74) is 0.744. The summed E-state index contributed by atoms with van der Waals surface area (Å²) in [4.78, 5) is 31.8. The van der Waals surface area contributed by atoms with Crippen LogP contribution in [0.25, 0.3) is 11.5 Å². The Morgan fingerprint density at radius 1 is 1.17 bits per heavy atom. The number of pyridine rings is 1. The first-order chi connectivity index (χ1) is 14.3. The summed E-state index contributed by atoms with van der Waals surface area (Å²) in [6, 6.07) is 10.7. The van der Waals surface area contributed by atoms with Gasteiger partial charge in [-0.25, -0.2) is 13.6 Å². The van der Waals surface area contributed by atoms with Gasteiger partial charge in [-0.3, -0.25) is 14.6 Å². The molecule has 30 heavy (non-hydrogen) atoms. The molecule has 0 spiro atoms. The van der Waals surface area contributed by atoms with Crippen LogP contribution in [0.2, 0.25) is 0 Å². The Labute approximate surface area is 171 Å². The van der Waals surface area contributed by atoms with E-state index in [-0.39, 0.29) is 29.3 Å². The van der Waals surface area contributed by atoms with Crippen molar-refractivity contribution in [1.29, 1.82) is 0 Å². The molecule has 0 aliphatic heterocycles. The zero-order chi connectivity index (χ0) is 21.6. The van der Waals surface area contributed by atoms with Gasteiger partial charge in [0.15, 0.2) is 6.61 Å². The summed E-state index contributed by atoms with van der Waals surface area (Å²) >= 11 is 0. The highest BCUT2D eigenvalue weighted by Crippen LogP contribution is 2.14. The minimum Gasteiger partial charge on any atom is -0.456 e. The van der Waals surface area contributed by atoms with Crippen molar-refractivity contribution in [2.45, 2.75) is 17.7 Å². The first-order valence-electron chi connectivity index (χ1n) is 8.63. The number of nitrogens with one attached hydrogen (secondary N) is 1. The van der Waals surface area contributed by atoms with Gasteiger partial charge in [-0.15, -0.1) is 0 Å². The van der Waals surface area contributed by atoms with Crippen LogP contribution in [0.5, 0.6) is 0 Å². The van der Waals surface area contributed by atoms with Gasteiger partial charge >= 0.3 is 5.97 Å². The van der Waals surface area contributed by atoms with Crippen molar-refractivity contribution in [3.63, 3.8) is 0 Å². The van der Waals surface area contributed by atoms with Crippen LogP contribution in [0.1, 0.15) is 12.3 Å². The summed E-state index contributed by atoms with van der Waals surface area (Å²) < 4.78 is 32.6. The van der Waals surface area contributed by atoms with Crippen molar-refractivity contribution < 1.29 is 27.3 Å². The van der Waals surface area contributed by atoms with E-state index in [0.717, 1.165) is 0 Å². The largest absolute Gasteiger partial charge is 0.456 e. The molecule has 0 atom stereocenters. The van der Waals surface area contributed by atoms with Gasteiger partial charge in [-0.05, 0) is 30.3 Å². The molecule has 11 nitrogen and oxygen atoms in total. The average Bonchev–Trinajstić information content (AvgIpc) is 3.20. The number of hydrogen-bond acceptors (Lipinski definition) is 9. The fraction of sp³-hybridized carbons (Fsp3) is 0.167. The monoisotopic (exact) mass is 431 g/mol. The molecule has 0 aliphatic rings. The van der Waals surface area contributed by atoms with Crippen molar-refractivity contribution in [3.8, 4) is 11.5 Å². The number of carbonyl (C=O) groups excluding carboxylic acids is 2. The number of nitrogens with zero attached hydrogens (tertiary/aromatic N) is 3. The topological polar surface area (TPSA) is 167 Å². The van der Waals surface area contributed by atoms with Crippen molar-refractivity contribution >= 4 is 27.6 Å². The lowest BCUT2D eigenvalue weighted by Crippen LogP contribution is -2.21. The van der Waals surface area contributed by atoms with E-state index in [1.54, 1.807) is 24.4 Å². The van der Waals surface area contributed by atoms with E-state index in [0.29, 0.717) is 11.5 Å². The van der Waals surface area contributed by atoms with Gasteiger partial charge < -0.3 is 14.6 Å². The number of rotatable bonds is 8. The molecule has 3 aromatic rings. The fourth-order valence-electron chi connectivity index (χ4n) is 2.33. The summed E-state index contributed by atoms with van der Waals surface area (Å²) in [6.07, 6.45) is 1.66. The second kappa shape index (κ2) is 9.24. The number of anilines is 1. The molecule has 12 heteroatoms. The summed E-state index contributed by atoms with van der Waals surface area (Å²) in [5, 5.41) is 11.3. The Kier molecular flexibility index (Phi) is 6.49. The lowest BCUT2D eigenvalue weighted by Gasteiger charge is -2.07. The molecule has 2 aromatic heterocycles. The minimum absolute atomic E-state index is 0.0714. The number of benzene rings is 1. The highest BCUT2D eigenvalue weighted by Gasteiger charge is 2.14. The predicted octanol–water partition coefficient (Wildman–Crippen LogP) is 0.893. The number of amides is 1. The van der Waals surface area contributed by atoms with Crippen LogP contribution in [0.15, 0.2) is 58.1 Å². The van der Waals surface area contributed by atoms with Crippen molar-refractivity contribution in [2.24, 2.45) is 5.14 Å². The third-order valence-corrected chi connectivity index (χ3v) is 4.63. The number of carbonyl (C=O) groups is 2. The van der Waals surface area contributed by atoms with E-state index >= 15 is 0 Å². The Balaban J connectivity index is 1.45. The minimum atomic E-state index is -3.90. The maximum absolute atomic E-state index is 11.9. The van der Waals surface area contributed by atoms with Crippen LogP contribution in [-0.2, 0) is 30.8 Å². The molecule has 2 heterocycles. The molecular formula is C18H17N5O6S. The third-order valence-electron chi connectivity index (χ3n) is 3.72. The number of aryl methyl sites for hydroxylation is 1. The number of ether oxygens (including phenoxy) is 1. The highest BCUT2D eigenvalue weighted by molar-refractivity contribution is 7.89. The first kappa shape index (κ1) is 21.1. The highest BCUT2D eigenvalue weighted by atomic mass is 32.2. The molecule has 3 rings (SSSR count). The van der Waals surface area contributed by atoms with E-state index in [2.05, 4.69) is 20.4 Å². The number of sulfonamides is 1. The summed E-state index contributed by atoms with van der Waals surface area (Å²) in [6.45, 7) is -0.540. The van der Waals surface area contributed by atoms with Crippen LogP contribution in [0.4, 0.5) is 5.69 Å². The normalized spacial score (nSPS) is 11.1. The van der Waals surface area contributed by atoms with E-state index in [9.17, 15) is 18.0 Å². The molecule has 0 aliphatic carbocycles. The van der Waals surface area contributed by atoms with E-state index in [4.69, 9.17) is 14.4 Å². The summed E-state index contributed by atoms with van der Waals surface area (Å²) in [5.74, 6) is -0.733. The lowest BCUT2D eigenvalue weighted by molar-refractivity contribution is -0.147. The maximum Gasteiger partial charge on any atom is 0.306 e. The second-order valence-corrected chi connectivity index (χ2v) is 7.57. The molecule has 0 radical (unpaired) electrons. The summed E-state index contributed by atoms with van der Waals surface area (Å²) in [7, 11) is -3.90. The van der Waals surface area contributed by atoms with Crippen LogP contribution in [0.3, 0.4) is 0 Å². The quantitative estimate of drug-likeness (QED) is 0.492. The SMILES string of the molecule is NS(=O)(=O)c1cccc(NC(=O)COC(=O)CCc2nc(-c3ccccn3)no2)c1. The third kappa shape index (κ3) is 5.93. The van der Waals surface area contributed by atoms with Gasteiger partial charge in [0.25, 0.3) is 5.91 Å². The number of nitrogens with two attached hydrogens (primary N) is 1. The van der Waals surface area contributed by atoms with Crippen LogP contribution >= 0.6 is 0 Å². The van der Waals surface area contributed by atoms with E-state index < -0.39 is 28.5 Å². The number of hydrogen-bond donors (Lipinski definition) is 2. The van der Waals surface area contributed by atoms with Gasteiger partial charge in [0.1, 0.15) is 5.69 Å². The number of esters is 1. The molecule has 0 bridgehead atoms. The molecule has 0 saturated heterocycles. The van der Waals surface area contributed by atoms with Gasteiger partial charge in [-0.2, -0.15) is 4.98 Å². The molecule has 0 saturated carbocycles. The lowest BCUT2D eigenvalue weighted by atomic mass is 10.3. The van der Waals surface area contributed by atoms with Crippen LogP contribution < -0.4 is 10.5 Å². The Bertz CT molecular complexity index is 1150. The van der Waals surface area contributed by atoms with Crippen molar-refractivity contribution in [1.82, 2.24) is 15.1 Å². The number of primary sulfonamides is 1.